The van der Waals surface area contributed by atoms with Gasteiger partial charge in [0, 0.05) is 13.1 Å². The molecular formula is C8H16N2O2S2. The predicted molar refractivity (Wildman–Crippen MR) is 60.6 cm³/mol. The Balaban J connectivity index is 2.39. The highest BCUT2D eigenvalue weighted by atomic mass is 32.2. The molecule has 1 fully saturated rings. The fourth-order valence-corrected chi connectivity index (χ4v) is 3.31. The second kappa shape index (κ2) is 5.04. The van der Waals surface area contributed by atoms with Crippen molar-refractivity contribution in [2.45, 2.75) is 25.7 Å². The van der Waals surface area contributed by atoms with Crippen LogP contribution in [0.4, 0.5) is 0 Å². The summed E-state index contributed by atoms with van der Waals surface area (Å²) in [6, 6.07) is 0. The van der Waals surface area contributed by atoms with Crippen LogP contribution < -0.4 is 5.73 Å². The lowest BCUT2D eigenvalue weighted by atomic mass is 10.3. The van der Waals surface area contributed by atoms with E-state index in [1.165, 1.54) is 0 Å². The zero-order valence-electron chi connectivity index (χ0n) is 8.11. The van der Waals surface area contributed by atoms with Crippen LogP contribution in [-0.2, 0) is 10.0 Å². The number of sulfonamides is 1. The van der Waals surface area contributed by atoms with Gasteiger partial charge in [-0.05, 0) is 25.7 Å². The van der Waals surface area contributed by atoms with Crippen molar-refractivity contribution in [1.29, 1.82) is 0 Å². The second-order valence-electron chi connectivity index (χ2n) is 3.49. The molecule has 0 aromatic carbocycles. The van der Waals surface area contributed by atoms with E-state index in [1.54, 1.807) is 4.31 Å². The lowest BCUT2D eigenvalue weighted by Gasteiger charge is -2.25. The average Bonchev–Trinajstić information content (AvgIpc) is 2.07. The summed E-state index contributed by atoms with van der Waals surface area (Å²) in [6.45, 7) is 1.21. The molecule has 6 heteroatoms. The molecule has 1 aliphatic heterocycles. The molecule has 4 nitrogen and oxygen atoms in total. The molecule has 0 aromatic heterocycles. The Morgan fingerprint density at radius 2 is 2.14 bits per heavy atom. The minimum absolute atomic E-state index is 0.292. The summed E-state index contributed by atoms with van der Waals surface area (Å²) in [5, 5.41) is 0. The van der Waals surface area contributed by atoms with Crippen molar-refractivity contribution in [1.82, 2.24) is 4.31 Å². The Bertz CT molecular complexity index is 300. The molecule has 0 radical (unpaired) electrons. The maximum Gasteiger partial charge on any atom is 0.214 e. The van der Waals surface area contributed by atoms with Crippen molar-refractivity contribution < 1.29 is 8.42 Å². The summed E-state index contributed by atoms with van der Waals surface area (Å²) < 4.78 is 24.6. The van der Waals surface area contributed by atoms with Gasteiger partial charge in [0.05, 0.1) is 10.7 Å². The SMILES string of the molecule is NC(=S)CCCN1CCCCS1(=O)=O. The number of hydrogen-bond acceptors (Lipinski definition) is 3. The third kappa shape index (κ3) is 3.51. The molecular weight excluding hydrogens is 220 g/mol. The summed E-state index contributed by atoms with van der Waals surface area (Å²) in [6.07, 6.45) is 3.11. The Labute approximate surface area is 90.5 Å². The molecule has 0 bridgehead atoms. The van der Waals surface area contributed by atoms with E-state index in [1.807, 2.05) is 0 Å². The molecule has 0 amide bonds. The first-order valence-corrected chi connectivity index (χ1v) is 6.80. The van der Waals surface area contributed by atoms with Gasteiger partial charge in [-0.1, -0.05) is 12.2 Å². The van der Waals surface area contributed by atoms with Gasteiger partial charge in [0.2, 0.25) is 10.0 Å². The molecule has 0 atom stereocenters. The maximum absolute atomic E-state index is 11.5. The van der Waals surface area contributed by atoms with Crippen molar-refractivity contribution in [3.05, 3.63) is 0 Å². The van der Waals surface area contributed by atoms with Crippen LogP contribution in [0.15, 0.2) is 0 Å². The first-order chi connectivity index (χ1) is 6.52. The molecule has 0 saturated carbocycles. The molecule has 82 valence electrons. The van der Waals surface area contributed by atoms with E-state index < -0.39 is 10.0 Å². The number of rotatable bonds is 4. The first kappa shape index (κ1) is 11.9. The van der Waals surface area contributed by atoms with Crippen LogP contribution in [0.2, 0.25) is 0 Å². The summed E-state index contributed by atoms with van der Waals surface area (Å²) in [7, 11) is -2.97. The van der Waals surface area contributed by atoms with Crippen LogP contribution in [-0.4, -0.2) is 36.6 Å². The second-order valence-corrected chi connectivity index (χ2v) is 6.10. The highest BCUT2D eigenvalue weighted by molar-refractivity contribution is 7.89. The van der Waals surface area contributed by atoms with Crippen LogP contribution >= 0.6 is 12.2 Å². The fraction of sp³-hybridized carbons (Fsp3) is 0.875. The van der Waals surface area contributed by atoms with E-state index in [-0.39, 0.29) is 0 Å². The van der Waals surface area contributed by atoms with E-state index in [0.29, 0.717) is 30.3 Å². The zero-order valence-corrected chi connectivity index (χ0v) is 9.74. The fourth-order valence-electron chi connectivity index (χ4n) is 1.52. The van der Waals surface area contributed by atoms with Crippen molar-refractivity contribution in [2.75, 3.05) is 18.8 Å². The van der Waals surface area contributed by atoms with Crippen molar-refractivity contribution in [2.24, 2.45) is 5.73 Å². The Hall–Kier alpha value is -0.200. The van der Waals surface area contributed by atoms with Gasteiger partial charge in [0.15, 0.2) is 0 Å². The Kier molecular flexibility index (Phi) is 4.28. The third-order valence-electron chi connectivity index (χ3n) is 2.28. The van der Waals surface area contributed by atoms with Crippen LogP contribution in [0.5, 0.6) is 0 Å². The van der Waals surface area contributed by atoms with Gasteiger partial charge in [-0.15, -0.1) is 0 Å². The summed E-state index contributed by atoms with van der Waals surface area (Å²) in [5.74, 6) is 0.292. The van der Waals surface area contributed by atoms with E-state index in [9.17, 15) is 8.42 Å². The summed E-state index contributed by atoms with van der Waals surface area (Å²) in [5.41, 5.74) is 5.34. The van der Waals surface area contributed by atoms with Crippen LogP contribution in [0, 0.1) is 0 Å². The van der Waals surface area contributed by atoms with Gasteiger partial charge in [0.1, 0.15) is 0 Å². The van der Waals surface area contributed by atoms with E-state index in [4.69, 9.17) is 18.0 Å². The molecule has 1 aliphatic rings. The van der Waals surface area contributed by atoms with Gasteiger partial charge in [0.25, 0.3) is 0 Å². The van der Waals surface area contributed by atoms with Crippen molar-refractivity contribution in [3.63, 3.8) is 0 Å². The number of nitrogens with two attached hydrogens (primary N) is 1. The lowest BCUT2D eigenvalue weighted by Crippen LogP contribution is -2.38. The molecule has 0 unspecified atom stereocenters. The minimum atomic E-state index is -2.97. The normalized spacial score (nSPS) is 22.0. The smallest absolute Gasteiger partial charge is 0.214 e. The molecule has 2 N–H and O–H groups in total. The molecule has 1 saturated heterocycles. The van der Waals surface area contributed by atoms with E-state index in [2.05, 4.69) is 0 Å². The summed E-state index contributed by atoms with van der Waals surface area (Å²) in [4.78, 5) is 0.458. The largest absolute Gasteiger partial charge is 0.393 e. The number of nitrogens with zero attached hydrogens (tertiary/aromatic N) is 1. The first-order valence-electron chi connectivity index (χ1n) is 4.78. The van der Waals surface area contributed by atoms with Crippen molar-refractivity contribution in [3.8, 4) is 0 Å². The molecule has 14 heavy (non-hydrogen) atoms. The van der Waals surface area contributed by atoms with Crippen LogP contribution in [0.25, 0.3) is 0 Å². The standard InChI is InChI=1S/C8H16N2O2S2/c9-8(13)4-3-6-10-5-1-2-7-14(10,11)12/h1-7H2,(H2,9,13). The van der Waals surface area contributed by atoms with Gasteiger partial charge >= 0.3 is 0 Å². The van der Waals surface area contributed by atoms with Gasteiger partial charge in [-0.25, -0.2) is 12.7 Å². The van der Waals surface area contributed by atoms with Crippen LogP contribution in [0.1, 0.15) is 25.7 Å². The van der Waals surface area contributed by atoms with Gasteiger partial charge < -0.3 is 5.73 Å². The van der Waals surface area contributed by atoms with Crippen molar-refractivity contribution >= 4 is 27.2 Å². The highest BCUT2D eigenvalue weighted by Gasteiger charge is 2.24. The average molecular weight is 236 g/mol. The number of hydrogen-bond donors (Lipinski definition) is 1. The monoisotopic (exact) mass is 236 g/mol. The zero-order chi connectivity index (χ0) is 10.6. The molecule has 1 heterocycles. The summed E-state index contributed by atoms with van der Waals surface area (Å²) >= 11 is 4.73. The quantitative estimate of drug-likeness (QED) is 0.721. The molecule has 0 aromatic rings. The van der Waals surface area contributed by atoms with E-state index >= 15 is 0 Å². The molecule has 1 rings (SSSR count). The minimum Gasteiger partial charge on any atom is -0.393 e. The molecule has 0 spiro atoms. The molecule has 0 aliphatic carbocycles. The Morgan fingerprint density at radius 1 is 1.43 bits per heavy atom. The maximum atomic E-state index is 11.5. The topological polar surface area (TPSA) is 63.4 Å². The van der Waals surface area contributed by atoms with Gasteiger partial charge in [-0.3, -0.25) is 0 Å². The number of thiocarbonyl (C=S) groups is 1. The lowest BCUT2D eigenvalue weighted by molar-refractivity contribution is 0.380. The van der Waals surface area contributed by atoms with Crippen LogP contribution in [0.3, 0.4) is 0 Å². The predicted octanol–water partition coefficient (Wildman–Crippen LogP) is 0.478. The van der Waals surface area contributed by atoms with E-state index in [0.717, 1.165) is 19.3 Å². The van der Waals surface area contributed by atoms with Gasteiger partial charge in [-0.2, -0.15) is 0 Å². The highest BCUT2D eigenvalue weighted by Crippen LogP contribution is 2.13. The third-order valence-corrected chi connectivity index (χ3v) is 4.44. The Morgan fingerprint density at radius 3 is 2.71 bits per heavy atom.